The molecule has 2 heterocycles. The smallest absolute Gasteiger partial charge is 0.293 e. The Bertz CT molecular complexity index is 729. The van der Waals surface area contributed by atoms with Gasteiger partial charge in [0.15, 0.2) is 5.82 Å². The molecule has 1 aromatic heterocycles. The Balaban J connectivity index is 1.72. The van der Waals surface area contributed by atoms with E-state index in [1.165, 1.54) is 0 Å². The quantitative estimate of drug-likeness (QED) is 0.914. The Kier molecular flexibility index (Phi) is 4.50. The molecule has 3 rings (SSSR count). The van der Waals surface area contributed by atoms with Gasteiger partial charge in [0.2, 0.25) is 0 Å². The standard InChI is InChI=1S/C17H22N4O2/c1-3-20-11-9-18-16(17(20)22)19-13-8-10-21(12-13)14-6-4-5-7-15(14)23-2/h4-7,9,11,13H,3,8,10,12H2,1-2H3,(H,18,19). The Morgan fingerprint density at radius 1 is 1.39 bits per heavy atom. The molecule has 23 heavy (non-hydrogen) atoms. The maximum Gasteiger partial charge on any atom is 0.293 e. The van der Waals surface area contributed by atoms with Crippen molar-refractivity contribution in [3.63, 3.8) is 0 Å². The lowest BCUT2D eigenvalue weighted by molar-refractivity contribution is 0.415. The highest BCUT2D eigenvalue weighted by Crippen LogP contribution is 2.30. The van der Waals surface area contributed by atoms with Crippen LogP contribution in [0.3, 0.4) is 0 Å². The van der Waals surface area contributed by atoms with Crippen LogP contribution in [0.15, 0.2) is 41.5 Å². The van der Waals surface area contributed by atoms with Crippen LogP contribution in [0.4, 0.5) is 11.5 Å². The van der Waals surface area contributed by atoms with Crippen molar-refractivity contribution in [3.8, 4) is 5.75 Å². The number of methoxy groups -OCH3 is 1. The molecule has 2 aromatic rings. The summed E-state index contributed by atoms with van der Waals surface area (Å²) in [4.78, 5) is 18.7. The second-order valence-corrected chi connectivity index (χ2v) is 5.61. The normalized spacial score (nSPS) is 17.3. The summed E-state index contributed by atoms with van der Waals surface area (Å²) in [5.41, 5.74) is 1.03. The molecule has 1 aromatic carbocycles. The van der Waals surface area contributed by atoms with Crippen molar-refractivity contribution in [3.05, 3.63) is 47.0 Å². The Labute approximate surface area is 135 Å². The lowest BCUT2D eigenvalue weighted by atomic mass is 10.2. The molecule has 0 amide bonds. The molecule has 0 saturated carbocycles. The number of nitrogens with one attached hydrogen (secondary N) is 1. The summed E-state index contributed by atoms with van der Waals surface area (Å²) >= 11 is 0. The van der Waals surface area contributed by atoms with Gasteiger partial charge in [0.25, 0.3) is 5.56 Å². The molecular weight excluding hydrogens is 292 g/mol. The van der Waals surface area contributed by atoms with E-state index >= 15 is 0 Å². The van der Waals surface area contributed by atoms with Crippen molar-refractivity contribution < 1.29 is 4.74 Å². The van der Waals surface area contributed by atoms with Gasteiger partial charge in [0, 0.05) is 38.1 Å². The second kappa shape index (κ2) is 6.73. The van der Waals surface area contributed by atoms with Gasteiger partial charge in [-0.2, -0.15) is 0 Å². The number of hydrogen-bond donors (Lipinski definition) is 1. The third-order valence-corrected chi connectivity index (χ3v) is 4.21. The number of nitrogens with zero attached hydrogens (tertiary/aromatic N) is 3. The first kappa shape index (κ1) is 15.4. The molecule has 0 aliphatic carbocycles. The molecular formula is C17H22N4O2. The van der Waals surface area contributed by atoms with E-state index in [1.807, 2.05) is 25.1 Å². The van der Waals surface area contributed by atoms with Crippen molar-refractivity contribution >= 4 is 11.5 Å². The van der Waals surface area contributed by atoms with Crippen LogP contribution >= 0.6 is 0 Å². The van der Waals surface area contributed by atoms with Gasteiger partial charge in [0.05, 0.1) is 12.8 Å². The van der Waals surface area contributed by atoms with Crippen molar-refractivity contribution in [1.29, 1.82) is 0 Å². The summed E-state index contributed by atoms with van der Waals surface area (Å²) in [5.74, 6) is 1.31. The summed E-state index contributed by atoms with van der Waals surface area (Å²) in [6.07, 6.45) is 4.34. The molecule has 6 heteroatoms. The Morgan fingerprint density at radius 2 is 2.22 bits per heavy atom. The van der Waals surface area contributed by atoms with E-state index < -0.39 is 0 Å². The molecule has 1 N–H and O–H groups in total. The highest BCUT2D eigenvalue weighted by atomic mass is 16.5. The Hall–Kier alpha value is -2.50. The molecule has 1 aliphatic heterocycles. The van der Waals surface area contributed by atoms with Gasteiger partial charge in [0.1, 0.15) is 5.75 Å². The number of aryl methyl sites for hydroxylation is 1. The fraction of sp³-hybridized carbons (Fsp3) is 0.412. The third kappa shape index (κ3) is 3.16. The first-order chi connectivity index (χ1) is 11.2. The zero-order valence-electron chi connectivity index (χ0n) is 13.5. The molecule has 1 unspecified atom stereocenters. The summed E-state index contributed by atoms with van der Waals surface area (Å²) in [6.45, 7) is 4.34. The first-order valence-corrected chi connectivity index (χ1v) is 7.93. The number of rotatable bonds is 5. The highest BCUT2D eigenvalue weighted by Gasteiger charge is 2.25. The lowest BCUT2D eigenvalue weighted by Gasteiger charge is -2.21. The number of ether oxygens (including phenoxy) is 1. The van der Waals surface area contributed by atoms with Crippen LogP contribution in [0.5, 0.6) is 5.75 Å². The summed E-state index contributed by atoms with van der Waals surface area (Å²) in [5, 5.41) is 3.29. The predicted molar refractivity (Wildman–Crippen MR) is 91.4 cm³/mol. The second-order valence-electron chi connectivity index (χ2n) is 5.61. The zero-order chi connectivity index (χ0) is 16.2. The fourth-order valence-electron chi connectivity index (χ4n) is 2.98. The number of benzene rings is 1. The molecule has 0 bridgehead atoms. The molecule has 1 aliphatic rings. The zero-order valence-corrected chi connectivity index (χ0v) is 13.5. The van der Waals surface area contributed by atoms with E-state index in [0.29, 0.717) is 12.4 Å². The maximum atomic E-state index is 12.2. The number of hydrogen-bond acceptors (Lipinski definition) is 5. The number of para-hydroxylation sites is 2. The van der Waals surface area contributed by atoms with Crippen LogP contribution in [0, 0.1) is 0 Å². The summed E-state index contributed by atoms with van der Waals surface area (Å²) < 4.78 is 7.09. The van der Waals surface area contributed by atoms with E-state index in [9.17, 15) is 4.79 Å². The van der Waals surface area contributed by atoms with E-state index in [4.69, 9.17) is 4.74 Å². The minimum Gasteiger partial charge on any atom is -0.495 e. The van der Waals surface area contributed by atoms with Gasteiger partial charge in [-0.05, 0) is 25.5 Å². The third-order valence-electron chi connectivity index (χ3n) is 4.21. The summed E-state index contributed by atoms with van der Waals surface area (Å²) in [6, 6.07) is 8.21. The predicted octanol–water partition coefficient (Wildman–Crippen LogP) is 1.96. The van der Waals surface area contributed by atoms with Crippen LogP contribution in [0.2, 0.25) is 0 Å². The lowest BCUT2D eigenvalue weighted by Crippen LogP contribution is -2.31. The number of aromatic nitrogens is 2. The molecule has 6 nitrogen and oxygen atoms in total. The van der Waals surface area contributed by atoms with Gasteiger partial charge >= 0.3 is 0 Å². The van der Waals surface area contributed by atoms with Gasteiger partial charge in [-0.1, -0.05) is 12.1 Å². The first-order valence-electron chi connectivity index (χ1n) is 7.93. The van der Waals surface area contributed by atoms with Gasteiger partial charge in [-0.15, -0.1) is 0 Å². The molecule has 1 atom stereocenters. The minimum atomic E-state index is -0.0641. The maximum absolute atomic E-state index is 12.2. The van der Waals surface area contributed by atoms with Gasteiger partial charge < -0.3 is 19.5 Å². The fourth-order valence-corrected chi connectivity index (χ4v) is 2.98. The average molecular weight is 314 g/mol. The van der Waals surface area contributed by atoms with Crippen molar-refractivity contribution in [1.82, 2.24) is 9.55 Å². The highest BCUT2D eigenvalue weighted by molar-refractivity contribution is 5.59. The van der Waals surface area contributed by atoms with Crippen LogP contribution < -0.4 is 20.5 Å². The van der Waals surface area contributed by atoms with E-state index in [-0.39, 0.29) is 11.6 Å². The topological polar surface area (TPSA) is 59.4 Å². The molecule has 0 spiro atoms. The van der Waals surface area contributed by atoms with Crippen LogP contribution in [0.1, 0.15) is 13.3 Å². The van der Waals surface area contributed by atoms with Crippen molar-refractivity contribution in [2.75, 3.05) is 30.4 Å². The van der Waals surface area contributed by atoms with Crippen molar-refractivity contribution in [2.45, 2.75) is 25.9 Å². The van der Waals surface area contributed by atoms with Gasteiger partial charge in [-0.3, -0.25) is 4.79 Å². The molecule has 122 valence electrons. The molecule has 1 fully saturated rings. The van der Waals surface area contributed by atoms with E-state index in [1.54, 1.807) is 24.1 Å². The van der Waals surface area contributed by atoms with Crippen LogP contribution in [-0.4, -0.2) is 35.8 Å². The largest absolute Gasteiger partial charge is 0.495 e. The SMILES string of the molecule is CCn1ccnc(NC2CCN(c3ccccc3OC)C2)c1=O. The summed E-state index contributed by atoms with van der Waals surface area (Å²) in [7, 11) is 1.69. The minimum absolute atomic E-state index is 0.0641. The monoisotopic (exact) mass is 314 g/mol. The van der Waals surface area contributed by atoms with E-state index in [2.05, 4.69) is 21.3 Å². The van der Waals surface area contributed by atoms with Crippen LogP contribution in [-0.2, 0) is 6.54 Å². The number of anilines is 2. The molecule has 1 saturated heterocycles. The molecule has 0 radical (unpaired) electrons. The van der Waals surface area contributed by atoms with E-state index in [0.717, 1.165) is 30.9 Å². The average Bonchev–Trinajstić information content (AvgIpc) is 3.05. The van der Waals surface area contributed by atoms with Gasteiger partial charge in [-0.25, -0.2) is 4.98 Å². The van der Waals surface area contributed by atoms with Crippen molar-refractivity contribution in [2.24, 2.45) is 0 Å². The Morgan fingerprint density at radius 3 is 3.00 bits per heavy atom. The van der Waals surface area contributed by atoms with Crippen LogP contribution in [0.25, 0.3) is 0 Å².